The maximum absolute atomic E-state index is 12.7. The first-order chi connectivity index (χ1) is 15.8. The Morgan fingerprint density at radius 1 is 1.06 bits per heavy atom. The van der Waals surface area contributed by atoms with Crippen LogP contribution in [-0.4, -0.2) is 31.0 Å². The Labute approximate surface area is 199 Å². The summed E-state index contributed by atoms with van der Waals surface area (Å²) in [5.41, 5.74) is 6.91. The average molecular weight is 460 g/mol. The van der Waals surface area contributed by atoms with Gasteiger partial charge in [0.05, 0.1) is 34.7 Å². The van der Waals surface area contributed by atoms with Gasteiger partial charge >= 0.3 is 0 Å². The molecule has 0 saturated carbocycles. The molecule has 0 aliphatic rings. The summed E-state index contributed by atoms with van der Waals surface area (Å²) in [5.74, 6) is 0.640. The highest BCUT2D eigenvalue weighted by molar-refractivity contribution is 7.99. The number of carbonyl (C=O) groups excluding carboxylic acids is 1. The lowest BCUT2D eigenvalue weighted by Gasteiger charge is -2.14. The second-order valence-corrected chi connectivity index (χ2v) is 9.32. The van der Waals surface area contributed by atoms with Crippen molar-refractivity contribution >= 4 is 23.4 Å². The van der Waals surface area contributed by atoms with Gasteiger partial charge in [0.15, 0.2) is 5.16 Å². The number of nitrogens with zero attached hydrogens (tertiary/aromatic N) is 4. The molecule has 1 amide bonds. The highest BCUT2D eigenvalue weighted by Crippen LogP contribution is 2.31. The van der Waals surface area contributed by atoms with Gasteiger partial charge in [0.1, 0.15) is 0 Å². The van der Waals surface area contributed by atoms with Crippen molar-refractivity contribution in [1.29, 1.82) is 0 Å². The van der Waals surface area contributed by atoms with Gasteiger partial charge in [-0.1, -0.05) is 68.1 Å². The minimum absolute atomic E-state index is 0.0785. The van der Waals surface area contributed by atoms with Gasteiger partial charge in [0, 0.05) is 18.3 Å². The number of carbonyl (C=O) groups is 1. The molecule has 170 valence electrons. The molecule has 6 nitrogen and oxygen atoms in total. The van der Waals surface area contributed by atoms with Gasteiger partial charge in [0.2, 0.25) is 5.91 Å². The van der Waals surface area contributed by atoms with Crippen LogP contribution in [0.25, 0.3) is 16.9 Å². The van der Waals surface area contributed by atoms with Crippen molar-refractivity contribution in [3.63, 3.8) is 0 Å². The van der Waals surface area contributed by atoms with E-state index in [4.69, 9.17) is 0 Å². The number of amides is 1. The van der Waals surface area contributed by atoms with Crippen LogP contribution in [0.3, 0.4) is 0 Å². The van der Waals surface area contributed by atoms with Crippen LogP contribution < -0.4 is 5.32 Å². The molecule has 4 aromatic rings. The molecule has 0 unspecified atom stereocenters. The zero-order valence-corrected chi connectivity index (χ0v) is 20.5. The first-order valence-electron chi connectivity index (χ1n) is 11.0. The number of aromatic nitrogens is 4. The third kappa shape index (κ3) is 4.88. The molecule has 0 saturated heterocycles. The van der Waals surface area contributed by atoms with E-state index in [2.05, 4.69) is 70.2 Å². The largest absolute Gasteiger partial charge is 0.322 e. The van der Waals surface area contributed by atoms with Crippen LogP contribution in [-0.2, 0) is 11.8 Å². The second kappa shape index (κ2) is 9.67. The molecule has 0 atom stereocenters. The number of anilines is 1. The van der Waals surface area contributed by atoms with E-state index in [1.165, 1.54) is 17.3 Å². The Hall–Kier alpha value is -3.32. The van der Waals surface area contributed by atoms with E-state index >= 15 is 0 Å². The van der Waals surface area contributed by atoms with E-state index < -0.39 is 0 Å². The summed E-state index contributed by atoms with van der Waals surface area (Å²) in [6.07, 6.45) is 1.88. The van der Waals surface area contributed by atoms with Gasteiger partial charge in [-0.15, -0.1) is 0 Å². The summed E-state index contributed by atoms with van der Waals surface area (Å²) < 4.78 is 3.90. The number of hydrogen-bond acceptors (Lipinski definition) is 4. The zero-order chi connectivity index (χ0) is 23.5. The van der Waals surface area contributed by atoms with Crippen molar-refractivity contribution in [3.8, 4) is 16.9 Å². The average Bonchev–Trinajstić information content (AvgIpc) is 3.34. The number of hydrogen-bond donors (Lipinski definition) is 1. The van der Waals surface area contributed by atoms with Gasteiger partial charge in [-0.25, -0.2) is 4.98 Å². The van der Waals surface area contributed by atoms with Crippen molar-refractivity contribution in [2.75, 3.05) is 11.1 Å². The summed E-state index contributed by atoms with van der Waals surface area (Å²) in [4.78, 5) is 17.4. The minimum atomic E-state index is -0.0785. The van der Waals surface area contributed by atoms with Crippen LogP contribution in [0.1, 0.15) is 36.7 Å². The summed E-state index contributed by atoms with van der Waals surface area (Å²) in [5, 5.41) is 8.16. The standard InChI is InChI=1S/C26H29N5OS/c1-17(2)20-11-13-22(14-12-20)31-23(21-9-7-6-8-10-21)15-27-26(31)33-16-24(32)28-25-18(3)29-30(5)19(25)4/h6-15,17H,16H2,1-5H3,(H,28,32). The predicted octanol–water partition coefficient (Wildman–Crippen LogP) is 5.74. The monoisotopic (exact) mass is 459 g/mol. The second-order valence-electron chi connectivity index (χ2n) is 8.38. The Kier molecular flexibility index (Phi) is 6.70. The van der Waals surface area contributed by atoms with Crippen LogP contribution in [0.4, 0.5) is 5.69 Å². The molecular weight excluding hydrogens is 430 g/mol. The van der Waals surface area contributed by atoms with Crippen LogP contribution in [0.5, 0.6) is 0 Å². The van der Waals surface area contributed by atoms with E-state index in [1.807, 2.05) is 45.3 Å². The quantitative estimate of drug-likeness (QED) is 0.358. The molecule has 2 aromatic carbocycles. The molecule has 2 aromatic heterocycles. The minimum Gasteiger partial charge on any atom is -0.322 e. The molecular formula is C26H29N5OS. The Bertz CT molecular complexity index is 1260. The fourth-order valence-electron chi connectivity index (χ4n) is 3.77. The molecule has 0 spiro atoms. The molecule has 0 aliphatic heterocycles. The summed E-state index contributed by atoms with van der Waals surface area (Å²) in [7, 11) is 1.87. The van der Waals surface area contributed by atoms with Gasteiger partial charge in [-0.2, -0.15) is 5.10 Å². The summed E-state index contributed by atoms with van der Waals surface area (Å²) in [6, 6.07) is 18.8. The maximum atomic E-state index is 12.7. The third-order valence-electron chi connectivity index (χ3n) is 5.72. The lowest BCUT2D eigenvalue weighted by Crippen LogP contribution is -2.15. The van der Waals surface area contributed by atoms with Crippen LogP contribution >= 0.6 is 11.8 Å². The highest BCUT2D eigenvalue weighted by Gasteiger charge is 2.17. The van der Waals surface area contributed by atoms with Crippen molar-refractivity contribution < 1.29 is 4.79 Å². The number of nitrogens with one attached hydrogen (secondary N) is 1. The Balaban J connectivity index is 1.61. The van der Waals surface area contributed by atoms with E-state index in [1.54, 1.807) is 4.68 Å². The predicted molar refractivity (Wildman–Crippen MR) is 135 cm³/mol. The molecule has 0 fully saturated rings. The van der Waals surface area contributed by atoms with Crippen molar-refractivity contribution in [2.45, 2.75) is 38.8 Å². The number of aryl methyl sites for hydroxylation is 2. The first kappa shape index (κ1) is 22.9. The molecule has 0 aliphatic carbocycles. The van der Waals surface area contributed by atoms with Crippen LogP contribution in [0.2, 0.25) is 0 Å². The number of rotatable bonds is 7. The van der Waals surface area contributed by atoms with Gasteiger partial charge < -0.3 is 5.32 Å². The molecule has 4 rings (SSSR count). The van der Waals surface area contributed by atoms with Crippen LogP contribution in [0.15, 0.2) is 66.0 Å². The summed E-state index contributed by atoms with van der Waals surface area (Å²) in [6.45, 7) is 8.22. The normalized spacial score (nSPS) is 11.2. The van der Waals surface area contributed by atoms with Gasteiger partial charge in [0.25, 0.3) is 0 Å². The molecule has 7 heteroatoms. The smallest absolute Gasteiger partial charge is 0.234 e. The SMILES string of the molecule is Cc1nn(C)c(C)c1NC(=O)CSc1ncc(-c2ccccc2)n1-c1ccc(C(C)C)cc1. The lowest BCUT2D eigenvalue weighted by molar-refractivity contribution is -0.113. The summed E-state index contributed by atoms with van der Waals surface area (Å²) >= 11 is 1.43. The molecule has 2 heterocycles. The van der Waals surface area contributed by atoms with E-state index in [0.717, 1.165) is 39.2 Å². The lowest BCUT2D eigenvalue weighted by atomic mass is 10.0. The van der Waals surface area contributed by atoms with Crippen molar-refractivity contribution in [3.05, 3.63) is 77.7 Å². The molecule has 33 heavy (non-hydrogen) atoms. The molecule has 0 radical (unpaired) electrons. The topological polar surface area (TPSA) is 64.7 Å². The van der Waals surface area contributed by atoms with Crippen molar-refractivity contribution in [2.24, 2.45) is 7.05 Å². The number of thioether (sulfide) groups is 1. The zero-order valence-electron chi connectivity index (χ0n) is 19.7. The number of imidazole rings is 1. The third-order valence-corrected chi connectivity index (χ3v) is 6.68. The van der Waals surface area contributed by atoms with Gasteiger partial charge in [-0.3, -0.25) is 14.0 Å². The van der Waals surface area contributed by atoms with Crippen LogP contribution in [0, 0.1) is 13.8 Å². The van der Waals surface area contributed by atoms with Gasteiger partial charge in [-0.05, 0) is 37.5 Å². The number of benzene rings is 2. The fourth-order valence-corrected chi connectivity index (χ4v) is 4.56. The fraction of sp³-hybridized carbons (Fsp3) is 0.269. The van der Waals surface area contributed by atoms with E-state index in [-0.39, 0.29) is 11.7 Å². The maximum Gasteiger partial charge on any atom is 0.234 e. The van der Waals surface area contributed by atoms with E-state index in [9.17, 15) is 4.79 Å². The van der Waals surface area contributed by atoms with Crippen molar-refractivity contribution in [1.82, 2.24) is 19.3 Å². The molecule has 0 bridgehead atoms. The Morgan fingerprint density at radius 3 is 2.36 bits per heavy atom. The molecule has 1 N–H and O–H groups in total. The van der Waals surface area contributed by atoms with E-state index in [0.29, 0.717) is 5.92 Å². The highest BCUT2D eigenvalue weighted by atomic mass is 32.2. The first-order valence-corrected chi connectivity index (χ1v) is 12.0. The Morgan fingerprint density at radius 2 is 1.76 bits per heavy atom.